The van der Waals surface area contributed by atoms with Crippen molar-refractivity contribution in [2.24, 2.45) is 0 Å². The molecule has 0 radical (unpaired) electrons. The Kier molecular flexibility index (Phi) is 7.33. The molecular formula is C22H27N5O4S. The molecule has 9 nitrogen and oxygen atoms in total. The molecule has 10 heteroatoms. The Bertz CT molecular complexity index is 1120. The third-order valence-corrected chi connectivity index (χ3v) is 7.58. The first-order chi connectivity index (χ1) is 15.4. The van der Waals surface area contributed by atoms with E-state index in [0.717, 1.165) is 0 Å². The molecule has 1 saturated heterocycles. The quantitative estimate of drug-likeness (QED) is 0.625. The summed E-state index contributed by atoms with van der Waals surface area (Å²) >= 11 is 0. The van der Waals surface area contributed by atoms with Crippen LogP contribution in [0, 0.1) is 11.3 Å². The number of benzene rings is 1. The summed E-state index contributed by atoms with van der Waals surface area (Å²) in [6.45, 7) is 6.09. The van der Waals surface area contributed by atoms with Gasteiger partial charge in [-0.15, -0.1) is 0 Å². The fourth-order valence-corrected chi connectivity index (χ4v) is 5.39. The van der Waals surface area contributed by atoms with Crippen molar-refractivity contribution in [2.75, 3.05) is 51.3 Å². The molecule has 0 unspecified atom stereocenters. The minimum absolute atomic E-state index is 0.0136. The molecule has 2 aromatic rings. The van der Waals surface area contributed by atoms with E-state index in [9.17, 15) is 18.5 Å². The van der Waals surface area contributed by atoms with Crippen LogP contribution in [0.5, 0.6) is 5.75 Å². The number of carbonyl (C=O) groups is 1. The summed E-state index contributed by atoms with van der Waals surface area (Å²) in [5.41, 5.74) is 0.786. The lowest BCUT2D eigenvalue weighted by Gasteiger charge is -2.35. The van der Waals surface area contributed by atoms with E-state index < -0.39 is 10.0 Å². The standard InChI is InChI=1S/C22H27N5O4S/c1-4-27(5-2)32(29,30)20-15-17(8-9-19(20)31-3)22(28)26-13-11-25(12-14-26)21-18(16-23)7-6-10-24-21/h6-10,15H,4-5,11-14H2,1-3H3. The summed E-state index contributed by atoms with van der Waals surface area (Å²) < 4.78 is 32.7. The Morgan fingerprint density at radius 1 is 1.19 bits per heavy atom. The number of anilines is 1. The van der Waals surface area contributed by atoms with Crippen LogP contribution in [0.15, 0.2) is 41.4 Å². The van der Waals surface area contributed by atoms with Gasteiger partial charge in [-0.25, -0.2) is 13.4 Å². The number of aromatic nitrogens is 1. The van der Waals surface area contributed by atoms with Crippen molar-refractivity contribution in [1.82, 2.24) is 14.2 Å². The molecule has 0 atom stereocenters. The first kappa shape index (κ1) is 23.5. The van der Waals surface area contributed by atoms with Gasteiger partial charge in [0.05, 0.1) is 12.7 Å². The number of methoxy groups -OCH3 is 1. The van der Waals surface area contributed by atoms with Crippen LogP contribution < -0.4 is 9.64 Å². The lowest BCUT2D eigenvalue weighted by Crippen LogP contribution is -2.49. The zero-order valence-corrected chi connectivity index (χ0v) is 19.3. The molecule has 2 heterocycles. The SMILES string of the molecule is CCN(CC)S(=O)(=O)c1cc(C(=O)N2CCN(c3ncccc3C#N)CC2)ccc1OC. The maximum absolute atomic E-state index is 13.1. The third kappa shape index (κ3) is 4.54. The second kappa shape index (κ2) is 9.97. The summed E-state index contributed by atoms with van der Waals surface area (Å²) in [6, 6.07) is 10.1. The zero-order valence-electron chi connectivity index (χ0n) is 18.5. The Morgan fingerprint density at radius 3 is 2.47 bits per heavy atom. The molecule has 0 aliphatic carbocycles. The largest absolute Gasteiger partial charge is 0.495 e. The average molecular weight is 458 g/mol. The molecule has 1 aromatic carbocycles. The number of carbonyl (C=O) groups excluding carboxylic acids is 1. The maximum atomic E-state index is 13.1. The highest BCUT2D eigenvalue weighted by molar-refractivity contribution is 7.89. The first-order valence-corrected chi connectivity index (χ1v) is 11.9. The Labute approximate surface area is 188 Å². The van der Waals surface area contributed by atoms with Crippen molar-refractivity contribution in [3.63, 3.8) is 0 Å². The number of ether oxygens (including phenoxy) is 1. The van der Waals surface area contributed by atoms with Gasteiger partial charge in [0.2, 0.25) is 10.0 Å². The number of amides is 1. The van der Waals surface area contributed by atoms with Crippen molar-refractivity contribution in [3.05, 3.63) is 47.7 Å². The van der Waals surface area contributed by atoms with E-state index in [1.54, 1.807) is 43.1 Å². The fraction of sp³-hybridized carbons (Fsp3) is 0.409. The molecule has 0 bridgehead atoms. The molecule has 1 amide bonds. The molecule has 170 valence electrons. The average Bonchev–Trinajstić information content (AvgIpc) is 2.83. The van der Waals surface area contributed by atoms with Gasteiger partial charge in [-0.1, -0.05) is 13.8 Å². The van der Waals surface area contributed by atoms with E-state index >= 15 is 0 Å². The number of nitriles is 1. The Balaban J connectivity index is 1.81. The number of piperazine rings is 1. The minimum atomic E-state index is -3.79. The third-order valence-electron chi connectivity index (χ3n) is 5.51. The van der Waals surface area contributed by atoms with Gasteiger partial charge in [-0.3, -0.25) is 4.79 Å². The van der Waals surface area contributed by atoms with Crippen LogP contribution in [-0.2, 0) is 10.0 Å². The Hall–Kier alpha value is -3.16. The molecule has 1 aliphatic heterocycles. The molecule has 1 fully saturated rings. The zero-order chi connectivity index (χ0) is 23.3. The van der Waals surface area contributed by atoms with E-state index in [1.807, 2.05) is 4.90 Å². The predicted octanol–water partition coefficient (Wildman–Crippen LogP) is 1.95. The smallest absolute Gasteiger partial charge is 0.254 e. The molecule has 1 aromatic heterocycles. The lowest BCUT2D eigenvalue weighted by atomic mass is 10.1. The normalized spacial score (nSPS) is 14.3. The van der Waals surface area contributed by atoms with Crippen LogP contribution >= 0.6 is 0 Å². The van der Waals surface area contributed by atoms with E-state index in [4.69, 9.17) is 4.74 Å². The highest BCUT2D eigenvalue weighted by Crippen LogP contribution is 2.28. The highest BCUT2D eigenvalue weighted by atomic mass is 32.2. The molecule has 0 N–H and O–H groups in total. The monoisotopic (exact) mass is 457 g/mol. The molecule has 32 heavy (non-hydrogen) atoms. The molecule has 0 saturated carbocycles. The topological polar surface area (TPSA) is 107 Å². The van der Waals surface area contributed by atoms with E-state index in [-0.39, 0.29) is 16.6 Å². The van der Waals surface area contributed by atoms with Gasteiger partial charge in [-0.2, -0.15) is 9.57 Å². The van der Waals surface area contributed by atoms with E-state index in [1.165, 1.54) is 23.5 Å². The number of hydrogen-bond acceptors (Lipinski definition) is 7. The summed E-state index contributed by atoms with van der Waals surface area (Å²) in [5.74, 6) is 0.571. The number of hydrogen-bond donors (Lipinski definition) is 0. The molecule has 1 aliphatic rings. The van der Waals surface area contributed by atoms with E-state index in [2.05, 4.69) is 11.1 Å². The van der Waals surface area contributed by atoms with Gasteiger partial charge in [0.25, 0.3) is 5.91 Å². The molecule has 3 rings (SSSR count). The second-order valence-corrected chi connectivity index (χ2v) is 9.13. The van der Waals surface area contributed by atoms with E-state index in [0.29, 0.717) is 56.2 Å². The van der Waals surface area contributed by atoms with Gasteiger partial charge in [0.15, 0.2) is 0 Å². The number of rotatable bonds is 7. The number of sulfonamides is 1. The molecule has 0 spiro atoms. The van der Waals surface area contributed by atoms with Crippen LogP contribution in [0.2, 0.25) is 0 Å². The summed E-state index contributed by atoms with van der Waals surface area (Å²) in [5, 5.41) is 9.30. The number of nitrogens with zero attached hydrogens (tertiary/aromatic N) is 5. The van der Waals surface area contributed by atoms with Crippen LogP contribution in [-0.4, -0.2) is 74.9 Å². The van der Waals surface area contributed by atoms with Crippen LogP contribution in [0.4, 0.5) is 5.82 Å². The summed E-state index contributed by atoms with van der Waals surface area (Å²) in [4.78, 5) is 21.1. The lowest BCUT2D eigenvalue weighted by molar-refractivity contribution is 0.0746. The fourth-order valence-electron chi connectivity index (χ4n) is 3.75. The van der Waals surface area contributed by atoms with Crippen molar-refractivity contribution in [1.29, 1.82) is 5.26 Å². The highest BCUT2D eigenvalue weighted by Gasteiger charge is 2.29. The van der Waals surface area contributed by atoms with Gasteiger partial charge in [0, 0.05) is 51.0 Å². The van der Waals surface area contributed by atoms with Gasteiger partial charge in [0.1, 0.15) is 22.5 Å². The van der Waals surface area contributed by atoms with Crippen molar-refractivity contribution < 1.29 is 17.9 Å². The summed E-state index contributed by atoms with van der Waals surface area (Å²) in [7, 11) is -2.39. The first-order valence-electron chi connectivity index (χ1n) is 10.4. The van der Waals surface area contributed by atoms with Crippen LogP contribution in [0.25, 0.3) is 0 Å². The Morgan fingerprint density at radius 2 is 1.88 bits per heavy atom. The molecular weight excluding hydrogens is 430 g/mol. The van der Waals surface area contributed by atoms with Crippen molar-refractivity contribution in [3.8, 4) is 11.8 Å². The van der Waals surface area contributed by atoms with Gasteiger partial charge in [-0.05, 0) is 30.3 Å². The number of pyridine rings is 1. The van der Waals surface area contributed by atoms with Gasteiger partial charge >= 0.3 is 0 Å². The van der Waals surface area contributed by atoms with Gasteiger partial charge < -0.3 is 14.5 Å². The van der Waals surface area contributed by atoms with Crippen LogP contribution in [0.3, 0.4) is 0 Å². The predicted molar refractivity (Wildman–Crippen MR) is 120 cm³/mol. The van der Waals surface area contributed by atoms with Crippen LogP contribution in [0.1, 0.15) is 29.8 Å². The maximum Gasteiger partial charge on any atom is 0.254 e. The summed E-state index contributed by atoms with van der Waals surface area (Å²) in [6.07, 6.45) is 1.64. The van der Waals surface area contributed by atoms with Crippen molar-refractivity contribution >= 4 is 21.7 Å². The minimum Gasteiger partial charge on any atom is -0.495 e. The van der Waals surface area contributed by atoms with Crippen molar-refractivity contribution in [2.45, 2.75) is 18.7 Å². The second-order valence-electron chi connectivity index (χ2n) is 7.22.